The van der Waals surface area contributed by atoms with Crippen LogP contribution in [-0.4, -0.2) is 61.7 Å². The molecular formula is C31H32F3N5O4. The van der Waals surface area contributed by atoms with Crippen LogP contribution in [0.1, 0.15) is 52.8 Å². The van der Waals surface area contributed by atoms with E-state index in [9.17, 15) is 28.3 Å². The Hall–Kier alpha value is -4.34. The molecular weight excluding hydrogens is 563 g/mol. The zero-order valence-electron chi connectivity index (χ0n) is 23.8. The molecule has 0 saturated carbocycles. The Morgan fingerprint density at radius 3 is 2.58 bits per heavy atom. The number of rotatable bonds is 6. The number of anilines is 2. The topological polar surface area (TPSA) is 125 Å². The van der Waals surface area contributed by atoms with Gasteiger partial charge in [-0.3, -0.25) is 9.88 Å². The lowest BCUT2D eigenvalue weighted by atomic mass is 9.77. The number of nitriles is 1. The van der Waals surface area contributed by atoms with Gasteiger partial charge >= 0.3 is 12.3 Å². The molecule has 2 aliphatic rings. The minimum absolute atomic E-state index is 0.0427. The van der Waals surface area contributed by atoms with Gasteiger partial charge in [-0.05, 0) is 72.0 Å². The third-order valence-electron chi connectivity index (χ3n) is 8.12. The van der Waals surface area contributed by atoms with E-state index in [1.807, 2.05) is 19.1 Å². The number of carbonyl (C=O) groups is 1. The Kier molecular flexibility index (Phi) is 8.48. The van der Waals surface area contributed by atoms with E-state index >= 15 is 0 Å². The van der Waals surface area contributed by atoms with E-state index in [2.05, 4.69) is 4.90 Å². The fourth-order valence-electron chi connectivity index (χ4n) is 6.10. The Balaban J connectivity index is 1.70. The van der Waals surface area contributed by atoms with Crippen LogP contribution < -0.4 is 20.3 Å². The number of hydrogen-bond donors (Lipinski definition) is 2. The molecule has 1 aromatic heterocycles. The third kappa shape index (κ3) is 5.96. The van der Waals surface area contributed by atoms with Crippen molar-refractivity contribution < 1.29 is 32.5 Å². The normalized spacial score (nSPS) is 20.3. The summed E-state index contributed by atoms with van der Waals surface area (Å²) in [5.41, 5.74) is 9.12. The summed E-state index contributed by atoms with van der Waals surface area (Å²) in [4.78, 5) is 20.7. The SMILES string of the molecule is CCC1C(N)C(c2ncc(N3CCOCC3)cc2Cc2cc(C#N)cc(C(F)(F)F)c2)c2cc(OC)ccc2N1C(=O)O. The Bertz CT molecular complexity index is 1550. The van der Waals surface area contributed by atoms with Gasteiger partial charge in [0.15, 0.2) is 0 Å². The highest BCUT2D eigenvalue weighted by Crippen LogP contribution is 2.45. The van der Waals surface area contributed by atoms with Gasteiger partial charge in [0.2, 0.25) is 0 Å². The first-order valence-electron chi connectivity index (χ1n) is 13.9. The quantitative estimate of drug-likeness (QED) is 0.401. The van der Waals surface area contributed by atoms with Crippen molar-refractivity contribution in [1.29, 1.82) is 5.26 Å². The van der Waals surface area contributed by atoms with Crippen LogP contribution in [0.3, 0.4) is 0 Å². The smallest absolute Gasteiger partial charge is 0.416 e. The minimum atomic E-state index is -4.63. The van der Waals surface area contributed by atoms with E-state index in [0.717, 1.165) is 17.8 Å². The number of aromatic nitrogens is 1. The monoisotopic (exact) mass is 595 g/mol. The van der Waals surface area contributed by atoms with Crippen molar-refractivity contribution in [2.24, 2.45) is 5.73 Å². The number of hydrogen-bond acceptors (Lipinski definition) is 7. The number of nitrogens with zero attached hydrogens (tertiary/aromatic N) is 4. The molecule has 3 atom stereocenters. The predicted molar refractivity (Wildman–Crippen MR) is 154 cm³/mol. The summed E-state index contributed by atoms with van der Waals surface area (Å²) in [7, 11) is 1.50. The van der Waals surface area contributed by atoms with Crippen molar-refractivity contribution in [2.45, 2.75) is 43.9 Å². The van der Waals surface area contributed by atoms with Crippen LogP contribution in [-0.2, 0) is 17.3 Å². The van der Waals surface area contributed by atoms with Gasteiger partial charge in [-0.25, -0.2) is 4.79 Å². The van der Waals surface area contributed by atoms with E-state index < -0.39 is 35.8 Å². The number of morpholine rings is 1. The maximum Gasteiger partial charge on any atom is 0.416 e. The van der Waals surface area contributed by atoms with E-state index in [4.69, 9.17) is 20.2 Å². The number of pyridine rings is 1. The maximum atomic E-state index is 13.8. The van der Waals surface area contributed by atoms with E-state index in [1.165, 1.54) is 18.1 Å². The molecule has 3 unspecified atom stereocenters. The average molecular weight is 596 g/mol. The lowest BCUT2D eigenvalue weighted by molar-refractivity contribution is -0.137. The van der Waals surface area contributed by atoms with E-state index in [-0.39, 0.29) is 12.0 Å². The van der Waals surface area contributed by atoms with Crippen LogP contribution in [0.25, 0.3) is 0 Å². The van der Waals surface area contributed by atoms with Crippen LogP contribution in [0.5, 0.6) is 5.75 Å². The van der Waals surface area contributed by atoms with Gasteiger partial charge in [0.25, 0.3) is 0 Å². The number of ether oxygens (including phenoxy) is 2. The molecule has 3 heterocycles. The lowest BCUT2D eigenvalue weighted by Gasteiger charge is -2.44. The molecule has 1 amide bonds. The van der Waals surface area contributed by atoms with E-state index in [1.54, 1.807) is 24.4 Å². The summed E-state index contributed by atoms with van der Waals surface area (Å²) in [6.45, 7) is 4.16. The standard InChI is InChI=1S/C31H32F3N5O4/c1-3-25-28(36)27(24-15-23(42-2)4-5-26(24)39(25)30(40)41)29-20(14-22(17-37-29)38-6-8-43-9-7-38)11-18-10-19(16-35)13-21(12-18)31(32,33)34/h4-5,10,12-15,17,25,27-28H,3,6-9,11,36H2,1-2H3,(H,40,41). The number of halogens is 3. The second kappa shape index (κ2) is 12.1. The number of methoxy groups -OCH3 is 1. The molecule has 2 aliphatic heterocycles. The molecule has 3 N–H and O–H groups in total. The molecule has 0 bridgehead atoms. The summed E-state index contributed by atoms with van der Waals surface area (Å²) < 4.78 is 52.2. The van der Waals surface area contributed by atoms with Crippen molar-refractivity contribution >= 4 is 17.5 Å². The van der Waals surface area contributed by atoms with E-state index in [0.29, 0.717) is 66.5 Å². The highest BCUT2D eigenvalue weighted by Gasteiger charge is 2.43. The van der Waals surface area contributed by atoms with Crippen LogP contribution in [0.4, 0.5) is 29.3 Å². The first-order valence-corrected chi connectivity index (χ1v) is 13.9. The summed E-state index contributed by atoms with van der Waals surface area (Å²) in [6, 6.07) is 10.8. The van der Waals surface area contributed by atoms with Gasteiger partial charge in [0.05, 0.1) is 66.8 Å². The highest BCUT2D eigenvalue weighted by atomic mass is 19.4. The lowest BCUT2D eigenvalue weighted by Crippen LogP contribution is -2.56. The molecule has 43 heavy (non-hydrogen) atoms. The van der Waals surface area contributed by atoms with Crippen molar-refractivity contribution in [3.05, 3.63) is 82.2 Å². The molecule has 0 aliphatic carbocycles. The number of amides is 1. The third-order valence-corrected chi connectivity index (χ3v) is 8.12. The number of fused-ring (bicyclic) bond motifs is 1. The molecule has 0 spiro atoms. The molecule has 2 aromatic carbocycles. The molecule has 0 radical (unpaired) electrons. The first kappa shape index (κ1) is 30.1. The largest absolute Gasteiger partial charge is 0.497 e. The molecule has 5 rings (SSSR count). The van der Waals surface area contributed by atoms with Crippen molar-refractivity contribution in [3.63, 3.8) is 0 Å². The predicted octanol–water partition coefficient (Wildman–Crippen LogP) is 5.14. The van der Waals surface area contributed by atoms with Crippen LogP contribution in [0.15, 0.2) is 48.7 Å². The molecule has 1 fully saturated rings. The van der Waals surface area contributed by atoms with Crippen molar-refractivity contribution in [3.8, 4) is 11.8 Å². The zero-order chi connectivity index (χ0) is 30.9. The van der Waals surface area contributed by atoms with Gasteiger partial charge in [0.1, 0.15) is 5.75 Å². The number of alkyl halides is 3. The first-order chi connectivity index (χ1) is 20.5. The van der Waals surface area contributed by atoms with Crippen molar-refractivity contribution in [1.82, 2.24) is 4.98 Å². The number of benzene rings is 2. The van der Waals surface area contributed by atoms with Gasteiger partial charge < -0.3 is 25.2 Å². The van der Waals surface area contributed by atoms with Crippen LogP contribution in [0, 0.1) is 11.3 Å². The van der Waals surface area contributed by atoms with Crippen molar-refractivity contribution in [2.75, 3.05) is 43.2 Å². The molecule has 3 aromatic rings. The van der Waals surface area contributed by atoms with Gasteiger partial charge in [-0.2, -0.15) is 18.4 Å². The fourth-order valence-corrected chi connectivity index (χ4v) is 6.10. The Morgan fingerprint density at radius 1 is 1.21 bits per heavy atom. The Labute approximate surface area is 247 Å². The van der Waals surface area contributed by atoms with Gasteiger partial charge in [-0.15, -0.1) is 0 Å². The van der Waals surface area contributed by atoms with Gasteiger partial charge in [-0.1, -0.05) is 6.92 Å². The number of carboxylic acid groups (broad SMARTS) is 1. The molecule has 1 saturated heterocycles. The summed E-state index contributed by atoms with van der Waals surface area (Å²) in [5.74, 6) is -0.0973. The highest BCUT2D eigenvalue weighted by molar-refractivity contribution is 5.90. The second-order valence-electron chi connectivity index (χ2n) is 10.7. The minimum Gasteiger partial charge on any atom is -0.497 e. The van der Waals surface area contributed by atoms with Crippen LogP contribution >= 0.6 is 0 Å². The summed E-state index contributed by atoms with van der Waals surface area (Å²) >= 11 is 0. The fraction of sp³-hybridized carbons (Fsp3) is 0.387. The summed E-state index contributed by atoms with van der Waals surface area (Å²) in [6.07, 6.45) is -3.59. The second-order valence-corrected chi connectivity index (χ2v) is 10.7. The molecule has 9 nitrogen and oxygen atoms in total. The zero-order valence-corrected chi connectivity index (χ0v) is 23.8. The maximum absolute atomic E-state index is 13.8. The number of nitrogens with two attached hydrogens (primary N) is 1. The van der Waals surface area contributed by atoms with Gasteiger partial charge in [0, 0.05) is 25.0 Å². The molecule has 226 valence electrons. The van der Waals surface area contributed by atoms with Crippen LogP contribution in [0.2, 0.25) is 0 Å². The molecule has 12 heteroatoms. The summed E-state index contributed by atoms with van der Waals surface area (Å²) in [5, 5.41) is 19.6. The Morgan fingerprint density at radius 2 is 1.95 bits per heavy atom. The average Bonchev–Trinajstić information content (AvgIpc) is 3.00.